The van der Waals surface area contributed by atoms with Gasteiger partial charge in [0.1, 0.15) is 0 Å². The maximum atomic E-state index is 11.5. The average Bonchev–Trinajstić information content (AvgIpc) is 2.46. The Labute approximate surface area is 152 Å². The van der Waals surface area contributed by atoms with Gasteiger partial charge < -0.3 is 4.90 Å². The van der Waals surface area contributed by atoms with Crippen LogP contribution in [0.15, 0.2) is 36.4 Å². The molecular weight excluding hydrogens is 367 g/mol. The third kappa shape index (κ3) is 3.86. The Balaban J connectivity index is 2.06. The summed E-state index contributed by atoms with van der Waals surface area (Å²) in [4.78, 5) is 2.20. The normalized spacial score (nSPS) is 18.2. The summed E-state index contributed by atoms with van der Waals surface area (Å²) < 4.78 is 25.5. The largest absolute Gasteiger partial charge is 0.301 e. The molecule has 24 heavy (non-hydrogen) atoms. The van der Waals surface area contributed by atoms with Crippen molar-refractivity contribution >= 4 is 38.9 Å². The van der Waals surface area contributed by atoms with Gasteiger partial charge in [0.2, 0.25) is 10.0 Å². The van der Waals surface area contributed by atoms with Gasteiger partial charge in [0.25, 0.3) is 0 Å². The standard InChI is InChI=1S/C17H18Cl2N2O2S/c1-21-9-15(14-7-12(18)8-17(19)16(14)10-21)11-4-3-5-13(6-11)20-24(2,22)23/h3-8,15,20H,9-10H2,1-2H3/t15-/m0/s1. The molecule has 0 bridgehead atoms. The highest BCUT2D eigenvalue weighted by molar-refractivity contribution is 7.92. The highest BCUT2D eigenvalue weighted by Crippen LogP contribution is 2.38. The molecule has 1 N–H and O–H groups in total. The van der Waals surface area contributed by atoms with Crippen LogP contribution in [-0.4, -0.2) is 33.2 Å². The summed E-state index contributed by atoms with van der Waals surface area (Å²) in [6.07, 6.45) is 1.14. The number of likely N-dealkylation sites (N-methyl/N-ethyl adjacent to an activating group) is 1. The number of fused-ring (bicyclic) bond motifs is 1. The fraction of sp³-hybridized carbons (Fsp3) is 0.294. The van der Waals surface area contributed by atoms with Gasteiger partial charge >= 0.3 is 0 Å². The van der Waals surface area contributed by atoms with E-state index in [-0.39, 0.29) is 5.92 Å². The second-order valence-electron chi connectivity index (χ2n) is 6.20. The van der Waals surface area contributed by atoms with Crippen molar-refractivity contribution in [1.29, 1.82) is 0 Å². The zero-order valence-corrected chi connectivity index (χ0v) is 15.7. The van der Waals surface area contributed by atoms with Gasteiger partial charge in [-0.15, -0.1) is 0 Å². The van der Waals surface area contributed by atoms with Gasteiger partial charge in [0.15, 0.2) is 0 Å². The molecule has 3 rings (SSSR count). The van der Waals surface area contributed by atoms with Gasteiger partial charge in [-0.25, -0.2) is 8.42 Å². The number of nitrogens with zero attached hydrogens (tertiary/aromatic N) is 1. The molecule has 0 saturated carbocycles. The van der Waals surface area contributed by atoms with Crippen LogP contribution in [0.25, 0.3) is 0 Å². The molecule has 0 spiro atoms. The number of anilines is 1. The van der Waals surface area contributed by atoms with E-state index in [0.29, 0.717) is 15.7 Å². The Morgan fingerprint density at radius 1 is 1.21 bits per heavy atom. The summed E-state index contributed by atoms with van der Waals surface area (Å²) in [5.74, 6) is 0.0799. The second kappa shape index (κ2) is 6.56. The van der Waals surface area contributed by atoms with Gasteiger partial charge in [-0.05, 0) is 48.0 Å². The predicted molar refractivity (Wildman–Crippen MR) is 99.5 cm³/mol. The minimum atomic E-state index is -3.31. The van der Waals surface area contributed by atoms with Crippen molar-refractivity contribution in [3.8, 4) is 0 Å². The Bertz CT molecular complexity index is 884. The highest BCUT2D eigenvalue weighted by Gasteiger charge is 2.27. The monoisotopic (exact) mass is 384 g/mol. The third-order valence-electron chi connectivity index (χ3n) is 4.08. The number of nitrogens with one attached hydrogen (secondary N) is 1. The van der Waals surface area contributed by atoms with Crippen molar-refractivity contribution in [2.75, 3.05) is 24.6 Å². The zero-order valence-electron chi connectivity index (χ0n) is 13.4. The van der Waals surface area contributed by atoms with Crippen LogP contribution in [0, 0.1) is 0 Å². The van der Waals surface area contributed by atoms with E-state index in [1.165, 1.54) is 0 Å². The molecule has 0 aliphatic carbocycles. The first-order valence-corrected chi connectivity index (χ1v) is 10.1. The summed E-state index contributed by atoms with van der Waals surface area (Å²) in [5, 5.41) is 1.28. The van der Waals surface area contributed by atoms with Crippen molar-refractivity contribution in [3.63, 3.8) is 0 Å². The van der Waals surface area contributed by atoms with Crippen LogP contribution in [0.4, 0.5) is 5.69 Å². The zero-order chi connectivity index (χ0) is 17.5. The van der Waals surface area contributed by atoms with E-state index in [1.807, 2.05) is 31.3 Å². The lowest BCUT2D eigenvalue weighted by atomic mass is 9.84. The molecule has 7 heteroatoms. The van der Waals surface area contributed by atoms with Crippen LogP contribution in [0.2, 0.25) is 10.0 Å². The Kier molecular flexibility index (Phi) is 4.80. The second-order valence-corrected chi connectivity index (χ2v) is 8.80. The molecule has 2 aromatic carbocycles. The molecule has 1 atom stereocenters. The van der Waals surface area contributed by atoms with Gasteiger partial charge in [-0.2, -0.15) is 0 Å². The van der Waals surface area contributed by atoms with Crippen LogP contribution >= 0.6 is 23.2 Å². The molecule has 1 aliphatic rings. The summed E-state index contributed by atoms with van der Waals surface area (Å²) in [5.41, 5.74) is 3.75. The summed E-state index contributed by atoms with van der Waals surface area (Å²) in [7, 11) is -1.27. The van der Waals surface area contributed by atoms with Crippen LogP contribution < -0.4 is 4.72 Å². The number of hydrogen-bond donors (Lipinski definition) is 1. The Morgan fingerprint density at radius 2 is 1.96 bits per heavy atom. The Morgan fingerprint density at radius 3 is 2.67 bits per heavy atom. The van der Waals surface area contributed by atoms with Crippen molar-refractivity contribution in [2.24, 2.45) is 0 Å². The lowest BCUT2D eigenvalue weighted by Crippen LogP contribution is -2.31. The lowest BCUT2D eigenvalue weighted by molar-refractivity contribution is 0.295. The number of halogens is 2. The van der Waals surface area contributed by atoms with E-state index >= 15 is 0 Å². The lowest BCUT2D eigenvalue weighted by Gasteiger charge is -2.33. The summed E-state index contributed by atoms with van der Waals surface area (Å²) in [6.45, 7) is 1.58. The van der Waals surface area contributed by atoms with E-state index in [1.54, 1.807) is 12.1 Å². The van der Waals surface area contributed by atoms with E-state index in [9.17, 15) is 8.42 Å². The van der Waals surface area contributed by atoms with Gasteiger partial charge in [-0.1, -0.05) is 35.3 Å². The molecule has 2 aromatic rings. The molecule has 1 heterocycles. The molecule has 0 fully saturated rings. The maximum absolute atomic E-state index is 11.5. The van der Waals surface area contributed by atoms with Crippen molar-refractivity contribution in [2.45, 2.75) is 12.5 Å². The molecule has 0 aromatic heterocycles. The molecule has 4 nitrogen and oxygen atoms in total. The van der Waals surface area contributed by atoms with Gasteiger partial charge in [0, 0.05) is 34.7 Å². The van der Waals surface area contributed by atoms with E-state index in [2.05, 4.69) is 9.62 Å². The van der Waals surface area contributed by atoms with Crippen LogP contribution in [0.3, 0.4) is 0 Å². The Hall–Kier alpha value is -1.27. The average molecular weight is 385 g/mol. The summed E-state index contributed by atoms with van der Waals surface area (Å²) >= 11 is 12.6. The van der Waals surface area contributed by atoms with Gasteiger partial charge in [-0.3, -0.25) is 4.72 Å². The quantitative estimate of drug-likeness (QED) is 0.871. The number of sulfonamides is 1. The van der Waals surface area contributed by atoms with Crippen LogP contribution in [-0.2, 0) is 16.6 Å². The first kappa shape index (κ1) is 17.5. The van der Waals surface area contributed by atoms with E-state index in [4.69, 9.17) is 23.2 Å². The SMILES string of the molecule is CN1Cc2c(Cl)cc(Cl)cc2[C@H](c2cccc(NS(C)(=O)=O)c2)C1. The molecule has 0 unspecified atom stereocenters. The van der Waals surface area contributed by atoms with E-state index < -0.39 is 10.0 Å². The molecular formula is C17H18Cl2N2O2S. The minimum Gasteiger partial charge on any atom is -0.301 e. The van der Waals surface area contributed by atoms with Crippen LogP contribution in [0.5, 0.6) is 0 Å². The fourth-order valence-corrected chi connectivity index (χ4v) is 4.29. The fourth-order valence-electron chi connectivity index (χ4n) is 3.16. The minimum absolute atomic E-state index is 0.0799. The van der Waals surface area contributed by atoms with E-state index in [0.717, 1.165) is 36.0 Å². The molecule has 128 valence electrons. The molecule has 0 saturated heterocycles. The van der Waals surface area contributed by atoms with Crippen molar-refractivity contribution in [3.05, 3.63) is 63.1 Å². The first-order valence-electron chi connectivity index (χ1n) is 7.47. The third-order valence-corrected chi connectivity index (χ3v) is 5.25. The highest BCUT2D eigenvalue weighted by atomic mass is 35.5. The predicted octanol–water partition coefficient (Wildman–Crippen LogP) is 3.94. The number of rotatable bonds is 3. The first-order chi connectivity index (χ1) is 11.2. The number of hydrogen-bond acceptors (Lipinski definition) is 3. The molecule has 1 aliphatic heterocycles. The van der Waals surface area contributed by atoms with Gasteiger partial charge in [0.05, 0.1) is 6.26 Å². The molecule has 0 radical (unpaired) electrons. The smallest absolute Gasteiger partial charge is 0.229 e. The topological polar surface area (TPSA) is 49.4 Å². The maximum Gasteiger partial charge on any atom is 0.229 e. The van der Waals surface area contributed by atoms with Crippen molar-refractivity contribution < 1.29 is 8.42 Å². The van der Waals surface area contributed by atoms with Crippen molar-refractivity contribution in [1.82, 2.24) is 4.90 Å². The molecule has 0 amide bonds. The number of benzene rings is 2. The summed E-state index contributed by atoms with van der Waals surface area (Å²) in [6, 6.07) is 11.2. The van der Waals surface area contributed by atoms with Crippen LogP contribution in [0.1, 0.15) is 22.6 Å².